The Morgan fingerprint density at radius 3 is 2.20 bits per heavy atom. The highest BCUT2D eigenvalue weighted by Gasteiger charge is 2.29. The van der Waals surface area contributed by atoms with Crippen LogP contribution in [0.15, 0.2) is 0 Å². The van der Waals surface area contributed by atoms with Gasteiger partial charge in [0.15, 0.2) is 0 Å². The molecule has 0 aliphatic carbocycles. The van der Waals surface area contributed by atoms with Gasteiger partial charge in [0.25, 0.3) is 0 Å². The van der Waals surface area contributed by atoms with Crippen LogP contribution in [0, 0.1) is 11.3 Å². The molecule has 0 saturated carbocycles. The van der Waals surface area contributed by atoms with Crippen molar-refractivity contribution in [1.29, 1.82) is 0 Å². The van der Waals surface area contributed by atoms with Crippen molar-refractivity contribution in [3.8, 4) is 0 Å². The zero-order valence-electron chi connectivity index (χ0n) is 14.3. The quantitative estimate of drug-likeness (QED) is 0.754. The number of likely N-dealkylation sites (tertiary alicyclic amines) is 1. The van der Waals surface area contributed by atoms with Crippen molar-refractivity contribution in [2.24, 2.45) is 11.3 Å². The van der Waals surface area contributed by atoms with Gasteiger partial charge in [-0.2, -0.15) is 0 Å². The van der Waals surface area contributed by atoms with Crippen LogP contribution in [0.5, 0.6) is 0 Å². The SMILES string of the molecule is CCNC(C)(CO)CCCN1CCC(C(C)(C)C)CC1. The predicted molar refractivity (Wildman–Crippen MR) is 87.0 cm³/mol. The topological polar surface area (TPSA) is 35.5 Å². The molecule has 0 radical (unpaired) electrons. The van der Waals surface area contributed by atoms with E-state index in [1.807, 2.05) is 0 Å². The van der Waals surface area contributed by atoms with E-state index in [-0.39, 0.29) is 12.1 Å². The Hall–Kier alpha value is -0.120. The molecule has 120 valence electrons. The van der Waals surface area contributed by atoms with Gasteiger partial charge in [0, 0.05) is 5.54 Å². The van der Waals surface area contributed by atoms with Crippen LogP contribution in [0.2, 0.25) is 0 Å². The molecule has 1 saturated heterocycles. The van der Waals surface area contributed by atoms with Gasteiger partial charge in [0.05, 0.1) is 6.61 Å². The average Bonchev–Trinajstić information content (AvgIpc) is 2.38. The van der Waals surface area contributed by atoms with Crippen LogP contribution < -0.4 is 5.32 Å². The van der Waals surface area contributed by atoms with E-state index in [0.29, 0.717) is 5.41 Å². The fourth-order valence-corrected chi connectivity index (χ4v) is 3.37. The maximum atomic E-state index is 9.50. The van der Waals surface area contributed by atoms with Crippen molar-refractivity contribution in [2.75, 3.05) is 32.8 Å². The summed E-state index contributed by atoms with van der Waals surface area (Å²) in [6.07, 6.45) is 4.91. The summed E-state index contributed by atoms with van der Waals surface area (Å²) in [4.78, 5) is 2.60. The largest absolute Gasteiger partial charge is 0.394 e. The second kappa shape index (κ2) is 7.77. The van der Waals surface area contributed by atoms with Gasteiger partial charge in [-0.15, -0.1) is 0 Å². The number of hydrogen-bond donors (Lipinski definition) is 2. The van der Waals surface area contributed by atoms with Crippen molar-refractivity contribution in [3.63, 3.8) is 0 Å². The number of nitrogens with zero attached hydrogens (tertiary/aromatic N) is 1. The third-order valence-corrected chi connectivity index (χ3v) is 4.97. The molecule has 0 aromatic heterocycles. The highest BCUT2D eigenvalue weighted by Crippen LogP contribution is 2.34. The van der Waals surface area contributed by atoms with Gasteiger partial charge < -0.3 is 15.3 Å². The molecule has 1 aliphatic heterocycles. The number of aliphatic hydroxyl groups excluding tert-OH is 1. The Morgan fingerprint density at radius 1 is 1.15 bits per heavy atom. The summed E-state index contributed by atoms with van der Waals surface area (Å²) in [5, 5.41) is 12.9. The molecule has 3 nitrogen and oxygen atoms in total. The van der Waals surface area contributed by atoms with Crippen LogP contribution in [-0.4, -0.2) is 48.3 Å². The van der Waals surface area contributed by atoms with E-state index in [0.717, 1.165) is 18.9 Å². The Kier molecular flexibility index (Phi) is 6.96. The Balaban J connectivity index is 2.25. The van der Waals surface area contributed by atoms with Gasteiger partial charge in [-0.1, -0.05) is 27.7 Å². The molecule has 0 aromatic carbocycles. The van der Waals surface area contributed by atoms with E-state index in [2.05, 4.69) is 44.8 Å². The molecule has 0 bridgehead atoms. The van der Waals surface area contributed by atoms with E-state index in [9.17, 15) is 5.11 Å². The van der Waals surface area contributed by atoms with Crippen LogP contribution in [0.4, 0.5) is 0 Å². The van der Waals surface area contributed by atoms with E-state index >= 15 is 0 Å². The smallest absolute Gasteiger partial charge is 0.0610 e. The first-order valence-corrected chi connectivity index (χ1v) is 8.39. The number of likely N-dealkylation sites (N-methyl/N-ethyl adjacent to an activating group) is 1. The Morgan fingerprint density at radius 2 is 1.75 bits per heavy atom. The van der Waals surface area contributed by atoms with E-state index in [4.69, 9.17) is 0 Å². The first-order chi connectivity index (χ1) is 9.30. The molecule has 20 heavy (non-hydrogen) atoms. The summed E-state index contributed by atoms with van der Waals surface area (Å²) in [5.41, 5.74) is 0.366. The van der Waals surface area contributed by atoms with Crippen molar-refractivity contribution in [1.82, 2.24) is 10.2 Å². The Labute approximate surface area is 126 Å². The monoisotopic (exact) mass is 284 g/mol. The van der Waals surface area contributed by atoms with Gasteiger partial charge in [0.1, 0.15) is 0 Å². The molecular weight excluding hydrogens is 248 g/mol. The highest BCUT2D eigenvalue weighted by atomic mass is 16.3. The summed E-state index contributed by atoms with van der Waals surface area (Å²) in [6, 6.07) is 0. The van der Waals surface area contributed by atoms with Crippen molar-refractivity contribution < 1.29 is 5.11 Å². The van der Waals surface area contributed by atoms with Crippen molar-refractivity contribution in [3.05, 3.63) is 0 Å². The molecule has 0 amide bonds. The van der Waals surface area contributed by atoms with Crippen LogP contribution in [-0.2, 0) is 0 Å². The second-order valence-electron chi connectivity index (χ2n) is 7.83. The lowest BCUT2D eigenvalue weighted by Crippen LogP contribution is -2.46. The van der Waals surface area contributed by atoms with Gasteiger partial charge in [-0.25, -0.2) is 0 Å². The fourth-order valence-electron chi connectivity index (χ4n) is 3.37. The first-order valence-electron chi connectivity index (χ1n) is 8.39. The van der Waals surface area contributed by atoms with Gasteiger partial charge in [0.2, 0.25) is 0 Å². The standard InChI is InChI=1S/C17H36N2O/c1-6-18-17(5,14-20)10-7-11-19-12-8-15(9-13-19)16(2,3)4/h15,18,20H,6-14H2,1-5H3. The van der Waals surface area contributed by atoms with Gasteiger partial charge in [-0.05, 0) is 70.1 Å². The van der Waals surface area contributed by atoms with E-state index in [1.54, 1.807) is 0 Å². The molecule has 0 aromatic rings. The minimum absolute atomic E-state index is 0.0987. The first kappa shape index (κ1) is 17.9. The molecule has 1 heterocycles. The van der Waals surface area contributed by atoms with Crippen LogP contribution >= 0.6 is 0 Å². The van der Waals surface area contributed by atoms with Crippen molar-refractivity contribution in [2.45, 2.75) is 65.8 Å². The van der Waals surface area contributed by atoms with Gasteiger partial charge in [-0.3, -0.25) is 0 Å². The summed E-state index contributed by atoms with van der Waals surface area (Å²) in [7, 11) is 0. The van der Waals surface area contributed by atoms with Gasteiger partial charge >= 0.3 is 0 Å². The maximum Gasteiger partial charge on any atom is 0.0610 e. The molecule has 0 spiro atoms. The predicted octanol–water partition coefficient (Wildman–Crippen LogP) is 2.89. The summed E-state index contributed by atoms with van der Waals surface area (Å²) >= 11 is 0. The maximum absolute atomic E-state index is 9.50. The molecule has 3 heteroatoms. The number of aliphatic hydroxyl groups is 1. The third kappa shape index (κ3) is 5.71. The summed E-state index contributed by atoms with van der Waals surface area (Å²) in [6.45, 7) is 16.2. The molecule has 1 unspecified atom stereocenters. The average molecular weight is 284 g/mol. The minimum atomic E-state index is -0.0987. The molecular formula is C17H36N2O. The van der Waals surface area contributed by atoms with E-state index in [1.165, 1.54) is 38.9 Å². The Bertz CT molecular complexity index is 267. The zero-order valence-corrected chi connectivity index (χ0v) is 14.3. The normalized spacial score (nSPS) is 21.9. The highest BCUT2D eigenvalue weighted by molar-refractivity contribution is 4.84. The molecule has 1 fully saturated rings. The lowest BCUT2D eigenvalue weighted by Gasteiger charge is -2.39. The lowest BCUT2D eigenvalue weighted by atomic mass is 9.75. The second-order valence-corrected chi connectivity index (χ2v) is 7.83. The van der Waals surface area contributed by atoms with Crippen molar-refractivity contribution >= 4 is 0 Å². The van der Waals surface area contributed by atoms with Crippen LogP contribution in [0.1, 0.15) is 60.3 Å². The molecule has 1 atom stereocenters. The van der Waals surface area contributed by atoms with Crippen LogP contribution in [0.25, 0.3) is 0 Å². The summed E-state index contributed by atoms with van der Waals surface area (Å²) < 4.78 is 0. The number of piperidine rings is 1. The molecule has 1 rings (SSSR count). The summed E-state index contributed by atoms with van der Waals surface area (Å²) in [5.74, 6) is 0.878. The number of rotatable bonds is 7. The minimum Gasteiger partial charge on any atom is -0.394 e. The molecule has 2 N–H and O–H groups in total. The van der Waals surface area contributed by atoms with Crippen LogP contribution in [0.3, 0.4) is 0 Å². The van der Waals surface area contributed by atoms with E-state index < -0.39 is 0 Å². The lowest BCUT2D eigenvalue weighted by molar-refractivity contribution is 0.105. The zero-order chi connectivity index (χ0) is 15.2. The molecule has 1 aliphatic rings. The third-order valence-electron chi connectivity index (χ3n) is 4.97. The number of nitrogens with one attached hydrogen (secondary N) is 1. The fraction of sp³-hybridized carbons (Fsp3) is 1.00. The number of hydrogen-bond acceptors (Lipinski definition) is 3.